The molecule has 2 aromatic rings. The summed E-state index contributed by atoms with van der Waals surface area (Å²) in [5.74, 6) is -1.21. The maximum absolute atomic E-state index is 14.5. The van der Waals surface area contributed by atoms with Gasteiger partial charge >= 0.3 is 5.69 Å². The van der Waals surface area contributed by atoms with Crippen LogP contribution >= 0.6 is 0 Å². The van der Waals surface area contributed by atoms with Crippen molar-refractivity contribution >= 4 is 29.3 Å². The highest BCUT2D eigenvalue weighted by Crippen LogP contribution is 2.43. The van der Waals surface area contributed by atoms with Gasteiger partial charge in [0.2, 0.25) is 29.4 Å². The van der Waals surface area contributed by atoms with Crippen LogP contribution in [-0.4, -0.2) is 75.9 Å². The second kappa shape index (κ2) is 19.5. The third-order valence-corrected chi connectivity index (χ3v) is 10.1. The van der Waals surface area contributed by atoms with Gasteiger partial charge < -0.3 is 30.7 Å². The predicted octanol–water partition coefficient (Wildman–Crippen LogP) is 5.00. The topological polar surface area (TPSA) is 180 Å². The van der Waals surface area contributed by atoms with Gasteiger partial charge in [0.15, 0.2) is 0 Å². The van der Waals surface area contributed by atoms with E-state index >= 15 is 0 Å². The number of nitro groups is 1. The van der Waals surface area contributed by atoms with Crippen molar-refractivity contribution in [3.05, 3.63) is 69.8 Å². The van der Waals surface area contributed by atoms with E-state index < -0.39 is 52.9 Å². The second-order valence-electron chi connectivity index (χ2n) is 15.4. The number of nitrogens with zero attached hydrogens (tertiary/aromatic N) is 2. The minimum Gasteiger partial charge on any atom is -0.484 e. The summed E-state index contributed by atoms with van der Waals surface area (Å²) in [4.78, 5) is 67.5. The van der Waals surface area contributed by atoms with Crippen molar-refractivity contribution in [2.24, 2.45) is 17.8 Å². The van der Waals surface area contributed by atoms with Gasteiger partial charge in [0.05, 0.1) is 29.5 Å². The van der Waals surface area contributed by atoms with E-state index in [4.69, 9.17) is 4.74 Å². The molecule has 13 heteroatoms. The molecule has 4 rings (SSSR count). The molecule has 53 heavy (non-hydrogen) atoms. The minimum absolute atomic E-state index is 0.0123. The van der Waals surface area contributed by atoms with Gasteiger partial charge in [-0.25, -0.2) is 0 Å². The Kier molecular flexibility index (Phi) is 15.2. The third-order valence-electron chi connectivity index (χ3n) is 10.1. The molecule has 4 amide bonds. The van der Waals surface area contributed by atoms with Gasteiger partial charge in [-0.1, -0.05) is 102 Å². The van der Waals surface area contributed by atoms with Gasteiger partial charge in [-0.15, -0.1) is 0 Å². The lowest BCUT2D eigenvalue weighted by atomic mass is 9.83. The van der Waals surface area contributed by atoms with Crippen LogP contribution in [0.4, 0.5) is 5.69 Å². The zero-order valence-corrected chi connectivity index (χ0v) is 31.7. The molecule has 13 nitrogen and oxygen atoms in total. The number of carbonyl (C=O) groups excluding carboxylic acids is 4. The normalized spacial score (nSPS) is 17.9. The number of fused-ring (bicyclic) bond motifs is 1. The number of aliphatic hydroxyl groups excluding tert-OH is 1. The van der Waals surface area contributed by atoms with Crippen molar-refractivity contribution in [1.29, 1.82) is 0 Å². The summed E-state index contributed by atoms with van der Waals surface area (Å²) in [5.41, 5.74) is 0.968. The van der Waals surface area contributed by atoms with Crippen LogP contribution < -0.4 is 20.7 Å². The quantitative estimate of drug-likeness (QED) is 0.122. The Balaban J connectivity index is 1.62. The number of hydrogen-bond acceptors (Lipinski definition) is 8. The second-order valence-corrected chi connectivity index (χ2v) is 15.4. The molecule has 1 fully saturated rings. The number of ether oxygens (including phenoxy) is 1. The molecule has 4 N–H and O–H groups in total. The maximum Gasteiger partial charge on any atom is 0.311 e. The van der Waals surface area contributed by atoms with E-state index in [2.05, 4.69) is 16.0 Å². The van der Waals surface area contributed by atoms with E-state index in [-0.39, 0.29) is 61.0 Å². The van der Waals surface area contributed by atoms with E-state index in [1.807, 2.05) is 58.0 Å². The lowest BCUT2D eigenvalue weighted by molar-refractivity contribution is -0.385. The standard InChI is InChI=1S/C40H57N5O8/c1-25(2)19-32(39(49)42-31(20-28-13-8-6-9-14-28)36(47)22-37(48)41-23-26(3)4)43-40(50)34(21-29-15-10-7-11-16-29)44(27(5)46)35-24-53-38-30(35)17-12-18-33(38)45(51)52/h7,10-12,15-18,25-26,28,31-32,34-36,47H,6,8-9,13-14,19-24H2,1-5H3,(H,41,48)(H,42,49)(H,43,50)/t31?,32-,34-,35?,36?/m0/s1. The monoisotopic (exact) mass is 735 g/mol. The molecule has 0 radical (unpaired) electrons. The van der Waals surface area contributed by atoms with Crippen molar-refractivity contribution in [2.75, 3.05) is 13.2 Å². The molecule has 2 aromatic carbocycles. The zero-order valence-electron chi connectivity index (χ0n) is 31.7. The highest BCUT2D eigenvalue weighted by atomic mass is 16.6. The summed E-state index contributed by atoms with van der Waals surface area (Å²) in [6, 6.07) is 10.1. The van der Waals surface area contributed by atoms with Crippen LogP contribution in [-0.2, 0) is 25.6 Å². The smallest absolute Gasteiger partial charge is 0.311 e. The van der Waals surface area contributed by atoms with E-state index in [0.717, 1.165) is 37.7 Å². The van der Waals surface area contributed by atoms with Crippen molar-refractivity contribution in [3.63, 3.8) is 0 Å². The highest BCUT2D eigenvalue weighted by molar-refractivity contribution is 5.92. The molecule has 3 unspecified atom stereocenters. The van der Waals surface area contributed by atoms with Crippen LogP contribution in [0.25, 0.3) is 0 Å². The Morgan fingerprint density at radius 2 is 1.64 bits per heavy atom. The highest BCUT2D eigenvalue weighted by Gasteiger charge is 2.42. The Labute approximate surface area is 312 Å². The van der Waals surface area contributed by atoms with E-state index in [0.29, 0.717) is 18.5 Å². The molecule has 0 spiro atoms. The molecule has 2 aliphatic rings. The van der Waals surface area contributed by atoms with Gasteiger partial charge in [0, 0.05) is 31.5 Å². The number of para-hydroxylation sites is 1. The number of benzene rings is 2. The molecule has 1 saturated carbocycles. The van der Waals surface area contributed by atoms with Gasteiger partial charge in [-0.2, -0.15) is 0 Å². The predicted molar refractivity (Wildman–Crippen MR) is 201 cm³/mol. The molecular formula is C40H57N5O8. The van der Waals surface area contributed by atoms with Crippen molar-refractivity contribution < 1.29 is 33.9 Å². The summed E-state index contributed by atoms with van der Waals surface area (Å²) >= 11 is 0. The largest absolute Gasteiger partial charge is 0.484 e. The minimum atomic E-state index is -1.13. The SMILES string of the molecule is CC(=O)N(C1COc2c1cccc2[N+](=O)[O-])[C@@H](Cc1ccccc1)C(=O)N[C@@H](CC(C)C)C(=O)NC(CC1CCCCC1)C(O)CC(=O)NCC(C)C. The molecule has 0 saturated heterocycles. The number of hydrogen-bond donors (Lipinski definition) is 4. The van der Waals surface area contributed by atoms with Crippen molar-refractivity contribution in [3.8, 4) is 5.75 Å². The van der Waals surface area contributed by atoms with Gasteiger partial charge in [-0.05, 0) is 36.2 Å². The zero-order chi connectivity index (χ0) is 38.7. The van der Waals surface area contributed by atoms with Crippen molar-refractivity contribution in [1.82, 2.24) is 20.9 Å². The van der Waals surface area contributed by atoms with Crippen LogP contribution in [0.5, 0.6) is 5.75 Å². The van der Waals surface area contributed by atoms with E-state index in [1.165, 1.54) is 24.0 Å². The first-order valence-corrected chi connectivity index (χ1v) is 19.0. The Bertz CT molecular complexity index is 1560. The van der Waals surface area contributed by atoms with Crippen LogP contribution in [0.3, 0.4) is 0 Å². The number of aliphatic hydroxyl groups is 1. The average Bonchev–Trinajstić information content (AvgIpc) is 3.54. The number of carbonyl (C=O) groups is 4. The molecule has 5 atom stereocenters. The molecule has 290 valence electrons. The lowest BCUT2D eigenvalue weighted by Crippen LogP contribution is -2.58. The summed E-state index contributed by atoms with van der Waals surface area (Å²) in [5, 5.41) is 31.9. The Morgan fingerprint density at radius 1 is 0.943 bits per heavy atom. The van der Waals surface area contributed by atoms with Gasteiger partial charge in [0.1, 0.15) is 18.7 Å². The molecule has 0 aromatic heterocycles. The number of nitrogens with one attached hydrogen (secondary N) is 3. The molecular weight excluding hydrogens is 678 g/mol. The number of nitro benzene ring substituents is 1. The van der Waals surface area contributed by atoms with Crippen LogP contribution in [0.2, 0.25) is 0 Å². The summed E-state index contributed by atoms with van der Waals surface area (Å²) in [6.07, 6.45) is 4.84. The fourth-order valence-corrected chi connectivity index (χ4v) is 7.47. The fourth-order valence-electron chi connectivity index (χ4n) is 7.47. The molecule has 1 aliphatic heterocycles. The van der Waals surface area contributed by atoms with Crippen LogP contribution in [0.1, 0.15) is 103 Å². The van der Waals surface area contributed by atoms with E-state index in [9.17, 15) is 34.4 Å². The van der Waals surface area contributed by atoms with Gasteiger partial charge in [-0.3, -0.25) is 29.3 Å². The van der Waals surface area contributed by atoms with Gasteiger partial charge in [0.25, 0.3) is 0 Å². The summed E-state index contributed by atoms with van der Waals surface area (Å²) in [7, 11) is 0. The van der Waals surface area contributed by atoms with Crippen molar-refractivity contribution in [2.45, 2.75) is 123 Å². The average molecular weight is 736 g/mol. The fraction of sp³-hybridized carbons (Fsp3) is 0.600. The van der Waals surface area contributed by atoms with Crippen LogP contribution in [0.15, 0.2) is 48.5 Å². The third kappa shape index (κ3) is 11.7. The first-order chi connectivity index (χ1) is 25.2. The molecule has 1 aliphatic carbocycles. The molecule has 1 heterocycles. The lowest BCUT2D eigenvalue weighted by Gasteiger charge is -2.36. The summed E-state index contributed by atoms with van der Waals surface area (Å²) < 4.78 is 5.79. The number of rotatable bonds is 18. The summed E-state index contributed by atoms with van der Waals surface area (Å²) in [6.45, 7) is 9.57. The maximum atomic E-state index is 14.5. The Morgan fingerprint density at radius 3 is 2.26 bits per heavy atom. The first kappa shape index (κ1) is 41.2. The van der Waals surface area contributed by atoms with E-state index in [1.54, 1.807) is 6.07 Å². The Hall–Kier alpha value is -4.52. The number of amides is 4. The first-order valence-electron chi connectivity index (χ1n) is 19.0. The van der Waals surface area contributed by atoms with Crippen LogP contribution in [0, 0.1) is 27.9 Å². The molecule has 0 bridgehead atoms.